The van der Waals surface area contributed by atoms with E-state index < -0.39 is 13.9 Å². The molecule has 0 saturated heterocycles. The summed E-state index contributed by atoms with van der Waals surface area (Å²) in [5.41, 5.74) is 0. The lowest BCUT2D eigenvalue weighted by Crippen LogP contribution is -2.37. The number of hydrogen-bond donors (Lipinski definition) is 1. The fraction of sp³-hybridized carbons (Fsp3) is 1.00. The molecule has 0 aromatic rings. The Kier molecular flexibility index (Phi) is 8.21. The quantitative estimate of drug-likeness (QED) is 0.465. The van der Waals surface area contributed by atoms with Crippen LogP contribution in [0.1, 0.15) is 0 Å². The van der Waals surface area contributed by atoms with Gasteiger partial charge in [-0.15, -0.1) is 0 Å². The third-order valence-corrected chi connectivity index (χ3v) is 3.11. The molecule has 8 heteroatoms. The number of phosphoric acid groups is 1. The molecule has 0 rings (SSSR count). The molecular formula is C10H25NO6P+. The molecule has 0 bridgehead atoms. The number of methoxy groups -OCH3 is 2. The van der Waals surface area contributed by atoms with Gasteiger partial charge >= 0.3 is 7.82 Å². The Hall–Kier alpha value is -0.0100. The van der Waals surface area contributed by atoms with Crippen molar-refractivity contribution in [3.8, 4) is 0 Å². The van der Waals surface area contributed by atoms with Crippen LogP contribution in [0.2, 0.25) is 0 Å². The summed E-state index contributed by atoms with van der Waals surface area (Å²) in [4.78, 5) is 9.43. The second-order valence-electron chi connectivity index (χ2n) is 4.92. The second-order valence-corrected chi connectivity index (χ2v) is 6.38. The normalized spacial score (nSPS) is 17.4. The molecule has 0 aromatic carbocycles. The third-order valence-electron chi connectivity index (χ3n) is 2.13. The minimum absolute atomic E-state index is 0.0531. The molecule has 0 aromatic heterocycles. The lowest BCUT2D eigenvalue weighted by atomic mass is 10.4. The van der Waals surface area contributed by atoms with Crippen molar-refractivity contribution < 1.29 is 32.5 Å². The van der Waals surface area contributed by atoms with Gasteiger partial charge in [0, 0.05) is 14.2 Å². The molecule has 1 unspecified atom stereocenters. The Morgan fingerprint density at radius 2 is 1.78 bits per heavy atom. The molecule has 0 aliphatic rings. The summed E-state index contributed by atoms with van der Waals surface area (Å²) in [5.74, 6) is 0. The summed E-state index contributed by atoms with van der Waals surface area (Å²) in [6.45, 7) is 0.997. The van der Waals surface area contributed by atoms with E-state index >= 15 is 0 Å². The van der Waals surface area contributed by atoms with Gasteiger partial charge in [0.15, 0.2) is 0 Å². The van der Waals surface area contributed by atoms with Crippen LogP contribution < -0.4 is 0 Å². The van der Waals surface area contributed by atoms with Gasteiger partial charge in [-0.1, -0.05) is 0 Å². The zero-order chi connectivity index (χ0) is 14.2. The molecule has 0 radical (unpaired) electrons. The molecular weight excluding hydrogens is 261 g/mol. The molecule has 0 aliphatic heterocycles. The predicted octanol–water partition coefficient (Wildman–Crippen LogP) is 0.488. The summed E-state index contributed by atoms with van der Waals surface area (Å²) in [6, 6.07) is 0. The summed E-state index contributed by atoms with van der Waals surface area (Å²) < 4.78 is 31.7. The van der Waals surface area contributed by atoms with Crippen molar-refractivity contribution >= 4 is 7.82 Å². The van der Waals surface area contributed by atoms with Crippen LogP contribution in [0.25, 0.3) is 0 Å². The van der Waals surface area contributed by atoms with Crippen molar-refractivity contribution in [2.75, 3.05) is 61.7 Å². The molecule has 18 heavy (non-hydrogen) atoms. The first-order chi connectivity index (χ1) is 8.20. The third kappa shape index (κ3) is 9.96. The van der Waals surface area contributed by atoms with Crippen LogP contribution in [-0.4, -0.2) is 77.2 Å². The van der Waals surface area contributed by atoms with Gasteiger partial charge in [-0.25, -0.2) is 4.57 Å². The van der Waals surface area contributed by atoms with Crippen molar-refractivity contribution in [2.45, 2.75) is 6.10 Å². The molecule has 7 nitrogen and oxygen atoms in total. The van der Waals surface area contributed by atoms with Crippen molar-refractivity contribution in [2.24, 2.45) is 0 Å². The SMILES string of the molecule is COC[C@H](COP(=O)(O)OCC[N+](C)(C)C)OC. The highest BCUT2D eigenvalue weighted by molar-refractivity contribution is 7.47. The van der Waals surface area contributed by atoms with E-state index in [1.807, 2.05) is 21.1 Å². The Morgan fingerprint density at radius 3 is 2.22 bits per heavy atom. The van der Waals surface area contributed by atoms with Crippen molar-refractivity contribution in [1.29, 1.82) is 0 Å². The first-order valence-corrected chi connectivity index (χ1v) is 7.14. The zero-order valence-electron chi connectivity index (χ0n) is 11.8. The van der Waals surface area contributed by atoms with Gasteiger partial charge in [-0.05, 0) is 0 Å². The van der Waals surface area contributed by atoms with E-state index in [0.717, 1.165) is 0 Å². The van der Waals surface area contributed by atoms with Gasteiger partial charge in [0.2, 0.25) is 0 Å². The van der Waals surface area contributed by atoms with E-state index in [9.17, 15) is 9.46 Å². The molecule has 0 spiro atoms. The summed E-state index contributed by atoms with van der Waals surface area (Å²) >= 11 is 0. The molecule has 110 valence electrons. The van der Waals surface area contributed by atoms with Crippen LogP contribution >= 0.6 is 7.82 Å². The van der Waals surface area contributed by atoms with Crippen LogP contribution in [0, 0.1) is 0 Å². The Labute approximate surface area is 109 Å². The standard InChI is InChI=1S/C10H24NO6P/c1-11(2,3)6-7-16-18(12,13)17-9-10(15-5)8-14-4/h10H,6-9H2,1-5H3/p+1/t10-/m1/s1. The molecule has 2 atom stereocenters. The van der Waals surface area contributed by atoms with Gasteiger partial charge in [0.1, 0.15) is 19.3 Å². The number of rotatable bonds is 10. The largest absolute Gasteiger partial charge is 0.472 e. The number of ether oxygens (including phenoxy) is 2. The van der Waals surface area contributed by atoms with E-state index in [0.29, 0.717) is 11.0 Å². The van der Waals surface area contributed by atoms with Crippen molar-refractivity contribution in [3.05, 3.63) is 0 Å². The Morgan fingerprint density at radius 1 is 1.17 bits per heavy atom. The maximum atomic E-state index is 11.5. The number of nitrogens with zero attached hydrogens (tertiary/aromatic N) is 1. The summed E-state index contributed by atoms with van der Waals surface area (Å²) in [5, 5.41) is 0. The minimum atomic E-state index is -4.01. The smallest absolute Gasteiger partial charge is 0.382 e. The summed E-state index contributed by atoms with van der Waals surface area (Å²) in [6.07, 6.45) is -0.391. The highest BCUT2D eigenvalue weighted by Gasteiger charge is 2.24. The van der Waals surface area contributed by atoms with Crippen molar-refractivity contribution in [1.82, 2.24) is 0 Å². The second kappa shape index (κ2) is 8.22. The summed E-state index contributed by atoms with van der Waals surface area (Å²) in [7, 11) is 4.87. The first-order valence-electron chi connectivity index (χ1n) is 5.64. The van der Waals surface area contributed by atoms with Crippen LogP contribution in [0.4, 0.5) is 0 Å². The maximum Gasteiger partial charge on any atom is 0.472 e. The average molecular weight is 286 g/mol. The lowest BCUT2D eigenvalue weighted by Gasteiger charge is -2.24. The lowest BCUT2D eigenvalue weighted by molar-refractivity contribution is -0.870. The number of hydrogen-bond acceptors (Lipinski definition) is 5. The molecule has 0 saturated carbocycles. The van der Waals surface area contributed by atoms with Gasteiger partial charge in [0.25, 0.3) is 0 Å². The highest BCUT2D eigenvalue weighted by atomic mass is 31.2. The zero-order valence-corrected chi connectivity index (χ0v) is 12.7. The molecule has 0 heterocycles. The monoisotopic (exact) mass is 286 g/mol. The minimum Gasteiger partial charge on any atom is -0.382 e. The fourth-order valence-electron chi connectivity index (χ4n) is 1.01. The fourth-order valence-corrected chi connectivity index (χ4v) is 1.76. The van der Waals surface area contributed by atoms with Gasteiger partial charge in [-0.2, -0.15) is 0 Å². The van der Waals surface area contributed by atoms with E-state index in [2.05, 4.69) is 0 Å². The van der Waals surface area contributed by atoms with E-state index in [-0.39, 0.29) is 19.8 Å². The van der Waals surface area contributed by atoms with Gasteiger partial charge < -0.3 is 18.9 Å². The first kappa shape index (κ1) is 18.0. The Bertz CT molecular complexity index is 268. The number of likely N-dealkylation sites (N-methyl/N-ethyl adjacent to an activating group) is 1. The molecule has 1 N–H and O–H groups in total. The molecule has 0 aliphatic carbocycles. The van der Waals surface area contributed by atoms with Crippen LogP contribution in [-0.2, 0) is 23.1 Å². The molecule has 0 fully saturated rings. The van der Waals surface area contributed by atoms with Crippen LogP contribution in [0.5, 0.6) is 0 Å². The number of quaternary nitrogens is 1. The van der Waals surface area contributed by atoms with Gasteiger partial charge in [-0.3, -0.25) is 9.05 Å². The number of phosphoric ester groups is 1. The van der Waals surface area contributed by atoms with E-state index in [1.54, 1.807) is 0 Å². The van der Waals surface area contributed by atoms with Crippen LogP contribution in [0.15, 0.2) is 0 Å². The Balaban J connectivity index is 3.96. The van der Waals surface area contributed by atoms with Crippen LogP contribution in [0.3, 0.4) is 0 Å². The van der Waals surface area contributed by atoms with E-state index in [4.69, 9.17) is 18.5 Å². The molecule has 0 amide bonds. The topological polar surface area (TPSA) is 74.2 Å². The van der Waals surface area contributed by atoms with Gasteiger partial charge in [0.05, 0.1) is 34.4 Å². The van der Waals surface area contributed by atoms with E-state index in [1.165, 1.54) is 14.2 Å². The van der Waals surface area contributed by atoms with Crippen molar-refractivity contribution in [3.63, 3.8) is 0 Å². The maximum absolute atomic E-state index is 11.5. The average Bonchev–Trinajstić information content (AvgIpc) is 2.22. The predicted molar refractivity (Wildman–Crippen MR) is 67.3 cm³/mol. The highest BCUT2D eigenvalue weighted by Crippen LogP contribution is 2.43.